The molecule has 0 bridgehead atoms. The molecule has 2 N–H and O–H groups in total. The number of aliphatic hydroxyl groups is 1. The summed E-state index contributed by atoms with van der Waals surface area (Å²) < 4.78 is 0. The molecule has 0 spiro atoms. The van der Waals surface area contributed by atoms with E-state index in [2.05, 4.69) is 18.0 Å². The van der Waals surface area contributed by atoms with Gasteiger partial charge in [0.05, 0.1) is 11.6 Å². The van der Waals surface area contributed by atoms with Crippen LogP contribution < -0.4 is 5.32 Å². The van der Waals surface area contributed by atoms with Gasteiger partial charge < -0.3 is 10.4 Å². The Kier molecular flexibility index (Phi) is 5.09. The van der Waals surface area contributed by atoms with Crippen LogP contribution in [0.5, 0.6) is 0 Å². The predicted molar refractivity (Wildman–Crippen MR) is 76.7 cm³/mol. The smallest absolute Gasteiger partial charge is 0.0789 e. The molecule has 94 valence electrons. The zero-order valence-corrected chi connectivity index (χ0v) is 11.6. The topological polar surface area (TPSA) is 32.3 Å². The van der Waals surface area contributed by atoms with Gasteiger partial charge in [-0.2, -0.15) is 0 Å². The van der Waals surface area contributed by atoms with E-state index in [0.29, 0.717) is 0 Å². The van der Waals surface area contributed by atoms with Crippen molar-refractivity contribution in [2.24, 2.45) is 0 Å². The predicted octanol–water partition coefficient (Wildman–Crippen LogP) is 3.54. The molecule has 0 aliphatic rings. The van der Waals surface area contributed by atoms with Gasteiger partial charge in [0.1, 0.15) is 0 Å². The summed E-state index contributed by atoms with van der Waals surface area (Å²) in [7, 11) is 0. The molecule has 0 aliphatic heterocycles. The first-order valence-corrected chi connectivity index (χ1v) is 6.75. The lowest BCUT2D eigenvalue weighted by Crippen LogP contribution is -2.39. The number of thioether (sulfide) groups is 1. The lowest BCUT2D eigenvalue weighted by molar-refractivity contribution is 0.0648. The third-order valence-electron chi connectivity index (χ3n) is 2.68. The van der Waals surface area contributed by atoms with Gasteiger partial charge in [-0.25, -0.2) is 0 Å². The summed E-state index contributed by atoms with van der Waals surface area (Å²) in [5, 5.41) is 13.3. The minimum absolute atomic E-state index is 0.00650. The van der Waals surface area contributed by atoms with Crippen LogP contribution in [0.25, 0.3) is 0 Å². The van der Waals surface area contributed by atoms with E-state index in [4.69, 9.17) is 0 Å². The first-order valence-electron chi connectivity index (χ1n) is 5.76. The maximum absolute atomic E-state index is 9.93. The van der Waals surface area contributed by atoms with Crippen LogP contribution >= 0.6 is 11.8 Å². The second-order valence-electron chi connectivity index (χ2n) is 4.62. The minimum Gasteiger partial charge on any atom is -0.388 e. The van der Waals surface area contributed by atoms with Crippen LogP contribution in [0.1, 0.15) is 20.8 Å². The molecule has 2 nitrogen and oxygen atoms in total. The number of nitrogens with one attached hydrogen (secondary N) is 1. The molecule has 1 atom stereocenters. The van der Waals surface area contributed by atoms with Gasteiger partial charge in [-0.1, -0.05) is 18.2 Å². The van der Waals surface area contributed by atoms with E-state index >= 15 is 0 Å². The fourth-order valence-electron chi connectivity index (χ4n) is 1.27. The quantitative estimate of drug-likeness (QED) is 0.599. The summed E-state index contributed by atoms with van der Waals surface area (Å²) in [5.74, 6) is 0.885. The highest BCUT2D eigenvalue weighted by atomic mass is 32.2. The Morgan fingerprint density at radius 1 is 1.47 bits per heavy atom. The molecule has 0 radical (unpaired) electrons. The number of rotatable bonds is 6. The van der Waals surface area contributed by atoms with Crippen molar-refractivity contribution < 1.29 is 5.11 Å². The molecule has 0 saturated carbocycles. The fourth-order valence-corrected chi connectivity index (χ4v) is 2.02. The van der Waals surface area contributed by atoms with E-state index in [1.807, 2.05) is 45.0 Å². The second-order valence-corrected chi connectivity index (χ2v) is 5.68. The summed E-state index contributed by atoms with van der Waals surface area (Å²) in [5.41, 5.74) is 0.324. The largest absolute Gasteiger partial charge is 0.388 e. The van der Waals surface area contributed by atoms with Gasteiger partial charge in [-0.05, 0) is 32.9 Å². The Bertz CT molecular complexity index is 371. The van der Waals surface area contributed by atoms with Gasteiger partial charge in [0.2, 0.25) is 0 Å². The van der Waals surface area contributed by atoms with Gasteiger partial charge in [0.25, 0.3) is 0 Å². The van der Waals surface area contributed by atoms with Crippen LogP contribution in [0.2, 0.25) is 0 Å². The summed E-state index contributed by atoms with van der Waals surface area (Å²) in [4.78, 5) is 1.18. The standard InChI is InChI=1S/C14H21NOS/c1-5-10-17-13-9-7-6-8-12(13)15-11(2)14(3,4)16/h5-9,11,15-16H,1,10H2,2-4H3. The monoisotopic (exact) mass is 251 g/mol. The van der Waals surface area contributed by atoms with E-state index in [1.165, 1.54) is 4.90 Å². The minimum atomic E-state index is -0.740. The molecular weight excluding hydrogens is 230 g/mol. The van der Waals surface area contributed by atoms with E-state index in [0.717, 1.165) is 11.4 Å². The van der Waals surface area contributed by atoms with Crippen molar-refractivity contribution in [1.29, 1.82) is 0 Å². The molecule has 1 rings (SSSR count). The zero-order valence-electron chi connectivity index (χ0n) is 10.7. The molecule has 1 aromatic carbocycles. The van der Waals surface area contributed by atoms with Crippen LogP contribution in [-0.4, -0.2) is 22.5 Å². The van der Waals surface area contributed by atoms with Crippen LogP contribution in [0.15, 0.2) is 41.8 Å². The molecule has 0 aliphatic carbocycles. The number of para-hydroxylation sites is 1. The average Bonchev–Trinajstić information content (AvgIpc) is 2.26. The molecule has 1 aromatic rings. The molecule has 3 heteroatoms. The van der Waals surface area contributed by atoms with Gasteiger partial charge in [0, 0.05) is 16.3 Å². The number of anilines is 1. The van der Waals surface area contributed by atoms with Crippen LogP contribution in [0.4, 0.5) is 5.69 Å². The molecule has 0 fully saturated rings. The van der Waals surface area contributed by atoms with Crippen molar-refractivity contribution >= 4 is 17.4 Å². The van der Waals surface area contributed by atoms with Crippen molar-refractivity contribution in [3.05, 3.63) is 36.9 Å². The average molecular weight is 251 g/mol. The third-order valence-corrected chi connectivity index (χ3v) is 3.74. The summed E-state index contributed by atoms with van der Waals surface area (Å²) in [6.07, 6.45) is 1.89. The Morgan fingerprint density at radius 2 is 2.12 bits per heavy atom. The van der Waals surface area contributed by atoms with Crippen molar-refractivity contribution in [1.82, 2.24) is 0 Å². The van der Waals surface area contributed by atoms with Crippen molar-refractivity contribution in [3.63, 3.8) is 0 Å². The maximum Gasteiger partial charge on any atom is 0.0789 e. The number of benzene rings is 1. The molecular formula is C14H21NOS. The van der Waals surface area contributed by atoms with E-state index in [-0.39, 0.29) is 6.04 Å². The van der Waals surface area contributed by atoms with Gasteiger partial charge in [-0.3, -0.25) is 0 Å². The van der Waals surface area contributed by atoms with E-state index in [9.17, 15) is 5.11 Å². The van der Waals surface area contributed by atoms with Crippen molar-refractivity contribution in [2.75, 3.05) is 11.1 Å². The Morgan fingerprint density at radius 3 is 2.71 bits per heavy atom. The summed E-state index contributed by atoms with van der Waals surface area (Å²) in [6.45, 7) is 9.32. The van der Waals surface area contributed by atoms with Crippen LogP contribution in [0, 0.1) is 0 Å². The van der Waals surface area contributed by atoms with Crippen molar-refractivity contribution in [2.45, 2.75) is 37.3 Å². The molecule has 0 saturated heterocycles. The first kappa shape index (κ1) is 14.1. The van der Waals surface area contributed by atoms with Crippen LogP contribution in [0.3, 0.4) is 0 Å². The molecule has 1 unspecified atom stereocenters. The first-order chi connectivity index (χ1) is 7.95. The molecule has 0 aromatic heterocycles. The summed E-state index contributed by atoms with van der Waals surface area (Å²) in [6, 6.07) is 8.12. The van der Waals surface area contributed by atoms with E-state index < -0.39 is 5.60 Å². The van der Waals surface area contributed by atoms with Gasteiger partial charge >= 0.3 is 0 Å². The van der Waals surface area contributed by atoms with Gasteiger partial charge in [-0.15, -0.1) is 18.3 Å². The van der Waals surface area contributed by atoms with Crippen LogP contribution in [-0.2, 0) is 0 Å². The summed E-state index contributed by atoms with van der Waals surface area (Å²) >= 11 is 1.74. The lowest BCUT2D eigenvalue weighted by Gasteiger charge is -2.28. The van der Waals surface area contributed by atoms with E-state index in [1.54, 1.807) is 11.8 Å². The van der Waals surface area contributed by atoms with Gasteiger partial charge in [0.15, 0.2) is 0 Å². The van der Waals surface area contributed by atoms with Crippen molar-refractivity contribution in [3.8, 4) is 0 Å². The highest BCUT2D eigenvalue weighted by Crippen LogP contribution is 2.28. The normalized spacial score (nSPS) is 13.2. The zero-order chi connectivity index (χ0) is 12.9. The SMILES string of the molecule is C=CCSc1ccccc1NC(C)C(C)(C)O. The number of hydrogen-bond donors (Lipinski definition) is 2. The third kappa shape index (κ3) is 4.44. The molecule has 0 amide bonds. The molecule has 17 heavy (non-hydrogen) atoms. The highest BCUT2D eigenvalue weighted by Gasteiger charge is 2.22. The Balaban J connectivity index is 2.79. The lowest BCUT2D eigenvalue weighted by atomic mass is 10.0. The Hall–Kier alpha value is -0.930. The molecule has 0 heterocycles. The second kappa shape index (κ2) is 6.12. The highest BCUT2D eigenvalue weighted by molar-refractivity contribution is 7.99. The number of hydrogen-bond acceptors (Lipinski definition) is 3. The maximum atomic E-state index is 9.93. The Labute approximate surface area is 108 Å². The fraction of sp³-hybridized carbons (Fsp3) is 0.429.